The molecule has 1 aromatic carbocycles. The lowest BCUT2D eigenvalue weighted by Crippen LogP contribution is -2.12. The normalized spacial score (nSPS) is 11.8. The molecule has 0 saturated heterocycles. The number of rotatable bonds is 4. The van der Waals surface area contributed by atoms with E-state index in [9.17, 15) is 13.2 Å². The minimum atomic E-state index is -3.10. The highest BCUT2D eigenvalue weighted by Crippen LogP contribution is 2.13. The Morgan fingerprint density at radius 3 is 2.78 bits per heavy atom. The minimum Gasteiger partial charge on any atom is -0.478 e. The number of aryl methyl sites for hydroxylation is 1. The Hall–Kier alpha value is -1.96. The van der Waals surface area contributed by atoms with Crippen LogP contribution in [0.25, 0.3) is 11.0 Å². The SMILES string of the molecule is CS(=O)(=O)CCn1nnc2ccc(C(=O)O)cc21. The number of sulfone groups is 1. The lowest BCUT2D eigenvalue weighted by molar-refractivity contribution is 0.0697. The molecule has 0 aliphatic rings. The number of carboxylic acid groups (broad SMARTS) is 1. The highest BCUT2D eigenvalue weighted by Gasteiger charge is 2.10. The molecule has 1 N–H and O–H groups in total. The molecule has 8 heteroatoms. The molecule has 0 fully saturated rings. The summed E-state index contributed by atoms with van der Waals surface area (Å²) >= 11 is 0. The number of fused-ring (bicyclic) bond motifs is 1. The Bertz CT molecular complexity index is 705. The molecule has 0 aliphatic heterocycles. The van der Waals surface area contributed by atoms with Crippen molar-refractivity contribution in [2.75, 3.05) is 12.0 Å². The molecule has 2 rings (SSSR count). The predicted octanol–water partition coefficient (Wildman–Crippen LogP) is 0.174. The highest BCUT2D eigenvalue weighted by atomic mass is 32.2. The van der Waals surface area contributed by atoms with Crippen molar-refractivity contribution < 1.29 is 18.3 Å². The maximum Gasteiger partial charge on any atom is 0.335 e. The van der Waals surface area contributed by atoms with Gasteiger partial charge in [0.25, 0.3) is 0 Å². The van der Waals surface area contributed by atoms with E-state index in [2.05, 4.69) is 10.3 Å². The van der Waals surface area contributed by atoms with Crippen LogP contribution in [0.5, 0.6) is 0 Å². The average Bonchev–Trinajstić information content (AvgIpc) is 2.67. The quantitative estimate of drug-likeness (QED) is 0.849. The van der Waals surface area contributed by atoms with E-state index >= 15 is 0 Å². The Balaban J connectivity index is 2.39. The lowest BCUT2D eigenvalue weighted by Gasteiger charge is -2.01. The van der Waals surface area contributed by atoms with Crippen molar-refractivity contribution in [2.45, 2.75) is 6.54 Å². The van der Waals surface area contributed by atoms with Crippen molar-refractivity contribution >= 4 is 26.8 Å². The number of benzene rings is 1. The van der Waals surface area contributed by atoms with E-state index in [1.165, 1.54) is 16.8 Å². The fourth-order valence-electron chi connectivity index (χ4n) is 1.52. The first-order valence-electron chi connectivity index (χ1n) is 5.11. The fraction of sp³-hybridized carbons (Fsp3) is 0.300. The third-order valence-corrected chi connectivity index (χ3v) is 3.36. The molecular formula is C10H11N3O4S. The summed E-state index contributed by atoms with van der Waals surface area (Å²) in [5, 5.41) is 16.5. The zero-order chi connectivity index (χ0) is 13.3. The largest absolute Gasteiger partial charge is 0.478 e. The minimum absolute atomic E-state index is 0.0667. The Morgan fingerprint density at radius 1 is 1.44 bits per heavy atom. The molecule has 18 heavy (non-hydrogen) atoms. The van der Waals surface area contributed by atoms with E-state index in [0.717, 1.165) is 6.26 Å². The monoisotopic (exact) mass is 269 g/mol. The summed E-state index contributed by atoms with van der Waals surface area (Å²) in [6.45, 7) is 0.151. The van der Waals surface area contributed by atoms with E-state index < -0.39 is 15.8 Å². The second-order valence-electron chi connectivity index (χ2n) is 3.95. The second-order valence-corrected chi connectivity index (χ2v) is 6.21. The third kappa shape index (κ3) is 2.65. The van der Waals surface area contributed by atoms with Crippen LogP contribution in [-0.4, -0.2) is 46.5 Å². The first-order valence-corrected chi connectivity index (χ1v) is 7.17. The molecule has 0 unspecified atom stereocenters. The molecule has 0 radical (unpaired) electrons. The number of carboxylic acids is 1. The van der Waals surface area contributed by atoms with Gasteiger partial charge in [0.1, 0.15) is 15.4 Å². The van der Waals surface area contributed by atoms with E-state index in [-0.39, 0.29) is 17.9 Å². The lowest BCUT2D eigenvalue weighted by atomic mass is 10.2. The van der Waals surface area contributed by atoms with Crippen molar-refractivity contribution in [1.82, 2.24) is 15.0 Å². The van der Waals surface area contributed by atoms with Gasteiger partial charge in [0.2, 0.25) is 0 Å². The van der Waals surface area contributed by atoms with Gasteiger partial charge in [-0.25, -0.2) is 17.9 Å². The number of carbonyl (C=O) groups is 1. The van der Waals surface area contributed by atoms with Gasteiger partial charge in [-0.2, -0.15) is 0 Å². The van der Waals surface area contributed by atoms with Gasteiger partial charge < -0.3 is 5.11 Å². The van der Waals surface area contributed by atoms with Crippen LogP contribution in [0.3, 0.4) is 0 Å². The van der Waals surface area contributed by atoms with Gasteiger partial charge in [-0.3, -0.25) is 0 Å². The molecule has 0 atom stereocenters. The number of hydrogen-bond acceptors (Lipinski definition) is 5. The molecule has 0 aliphatic carbocycles. The predicted molar refractivity (Wildman–Crippen MR) is 64.2 cm³/mol. The molecule has 2 aromatic rings. The average molecular weight is 269 g/mol. The molecule has 0 saturated carbocycles. The van der Waals surface area contributed by atoms with Crippen LogP contribution >= 0.6 is 0 Å². The topological polar surface area (TPSA) is 102 Å². The molecule has 0 spiro atoms. The zero-order valence-corrected chi connectivity index (χ0v) is 10.4. The number of aromatic carboxylic acids is 1. The van der Waals surface area contributed by atoms with Gasteiger partial charge in [-0.05, 0) is 18.2 Å². The summed E-state index contributed by atoms with van der Waals surface area (Å²) in [5.74, 6) is -1.12. The van der Waals surface area contributed by atoms with Crippen LogP contribution in [0.2, 0.25) is 0 Å². The first-order chi connectivity index (χ1) is 8.37. The molecule has 1 aromatic heterocycles. The van der Waals surface area contributed by atoms with Gasteiger partial charge in [0, 0.05) is 6.26 Å². The van der Waals surface area contributed by atoms with Crippen LogP contribution in [0, 0.1) is 0 Å². The Labute approximate surface area is 103 Å². The van der Waals surface area contributed by atoms with E-state index in [4.69, 9.17) is 5.11 Å². The van der Waals surface area contributed by atoms with Gasteiger partial charge in [-0.1, -0.05) is 5.21 Å². The zero-order valence-electron chi connectivity index (χ0n) is 9.57. The second kappa shape index (κ2) is 4.37. The van der Waals surface area contributed by atoms with Crippen molar-refractivity contribution in [3.63, 3.8) is 0 Å². The van der Waals surface area contributed by atoms with Crippen LogP contribution in [0.4, 0.5) is 0 Å². The molecule has 0 bridgehead atoms. The number of nitrogens with zero attached hydrogens (tertiary/aromatic N) is 3. The molecule has 7 nitrogen and oxygen atoms in total. The standard InChI is InChI=1S/C10H11N3O4S/c1-18(16,17)5-4-13-9-6-7(10(14)15)2-3-8(9)11-12-13/h2-3,6H,4-5H2,1H3,(H,14,15). The molecular weight excluding hydrogens is 258 g/mol. The number of hydrogen-bond donors (Lipinski definition) is 1. The first kappa shape index (κ1) is 12.5. The van der Waals surface area contributed by atoms with E-state index in [1.54, 1.807) is 6.07 Å². The van der Waals surface area contributed by atoms with Gasteiger partial charge in [0.15, 0.2) is 0 Å². The van der Waals surface area contributed by atoms with Crippen molar-refractivity contribution in [3.05, 3.63) is 23.8 Å². The van der Waals surface area contributed by atoms with Gasteiger partial charge in [-0.15, -0.1) is 5.10 Å². The molecule has 96 valence electrons. The number of aromatic nitrogens is 3. The van der Waals surface area contributed by atoms with Gasteiger partial charge >= 0.3 is 5.97 Å². The van der Waals surface area contributed by atoms with Crippen molar-refractivity contribution in [3.8, 4) is 0 Å². The summed E-state index contributed by atoms with van der Waals surface area (Å²) in [7, 11) is -3.10. The van der Waals surface area contributed by atoms with Crippen molar-refractivity contribution in [1.29, 1.82) is 0 Å². The summed E-state index contributed by atoms with van der Waals surface area (Å²) in [6.07, 6.45) is 1.13. The Kier molecular flexibility index (Phi) is 3.04. The van der Waals surface area contributed by atoms with Gasteiger partial charge in [0.05, 0.1) is 23.4 Å². The third-order valence-electron chi connectivity index (χ3n) is 2.43. The van der Waals surface area contributed by atoms with Crippen molar-refractivity contribution in [2.24, 2.45) is 0 Å². The van der Waals surface area contributed by atoms with E-state index in [0.29, 0.717) is 11.0 Å². The van der Waals surface area contributed by atoms with Crippen LogP contribution < -0.4 is 0 Å². The Morgan fingerprint density at radius 2 is 2.17 bits per heavy atom. The summed E-state index contributed by atoms with van der Waals surface area (Å²) in [6, 6.07) is 4.41. The van der Waals surface area contributed by atoms with Crippen LogP contribution in [0.1, 0.15) is 10.4 Å². The molecule has 0 amide bonds. The highest BCUT2D eigenvalue weighted by molar-refractivity contribution is 7.90. The summed E-state index contributed by atoms with van der Waals surface area (Å²) in [5.41, 5.74) is 1.16. The maximum atomic E-state index is 11.1. The summed E-state index contributed by atoms with van der Waals surface area (Å²) in [4.78, 5) is 10.8. The van der Waals surface area contributed by atoms with Crippen LogP contribution in [-0.2, 0) is 16.4 Å². The summed E-state index contributed by atoms with van der Waals surface area (Å²) < 4.78 is 23.6. The molecule has 1 heterocycles. The smallest absolute Gasteiger partial charge is 0.335 e. The van der Waals surface area contributed by atoms with E-state index in [1.807, 2.05) is 0 Å². The fourth-order valence-corrected chi connectivity index (χ4v) is 2.02. The van der Waals surface area contributed by atoms with Crippen LogP contribution in [0.15, 0.2) is 18.2 Å². The maximum absolute atomic E-state index is 11.1.